The molecule has 3 aromatic rings. The molecule has 3 N–H and O–H groups in total. The van der Waals surface area contributed by atoms with Crippen LogP contribution in [0.1, 0.15) is 33.2 Å². The van der Waals surface area contributed by atoms with Gasteiger partial charge >= 0.3 is 0 Å². The summed E-state index contributed by atoms with van der Waals surface area (Å²) in [4.78, 5) is 24.5. The van der Waals surface area contributed by atoms with Gasteiger partial charge in [-0.1, -0.05) is 42.5 Å². The number of ketones is 1. The average molecular weight is 446 g/mol. The first-order valence-electron chi connectivity index (χ1n) is 11.1. The molecule has 0 unspecified atom stereocenters. The largest absolute Gasteiger partial charge is 0.507 e. The summed E-state index contributed by atoms with van der Waals surface area (Å²) in [6.07, 6.45) is 0.691. The number of carbonyl (C=O) groups is 2. The Hall–Kier alpha value is -3.48. The van der Waals surface area contributed by atoms with E-state index in [1.165, 1.54) is 0 Å². The molecule has 1 aliphatic heterocycles. The Morgan fingerprint density at radius 1 is 1.03 bits per heavy atom. The number of carbonyl (C=O) groups excluding carboxylic acids is 2. The number of anilines is 1. The van der Waals surface area contributed by atoms with Crippen molar-refractivity contribution in [2.45, 2.75) is 13.5 Å². The van der Waals surface area contributed by atoms with Crippen molar-refractivity contribution in [2.24, 2.45) is 0 Å². The normalized spacial score (nSPS) is 13.5. The summed E-state index contributed by atoms with van der Waals surface area (Å²) in [7, 11) is 1.83. The van der Waals surface area contributed by atoms with Crippen LogP contribution < -0.4 is 10.6 Å². The minimum Gasteiger partial charge on any atom is -0.507 e. The van der Waals surface area contributed by atoms with E-state index in [9.17, 15) is 14.7 Å². The molecule has 172 valence electrons. The van der Waals surface area contributed by atoms with Crippen molar-refractivity contribution < 1.29 is 14.7 Å². The maximum atomic E-state index is 11.4. The lowest BCUT2D eigenvalue weighted by molar-refractivity contribution is 0.101. The topological polar surface area (TPSA) is 81.7 Å². The molecule has 4 rings (SSSR count). The molecule has 0 radical (unpaired) electrons. The maximum Gasteiger partial charge on any atom is 0.161 e. The monoisotopic (exact) mass is 445 g/mol. The van der Waals surface area contributed by atoms with Gasteiger partial charge in [0.25, 0.3) is 0 Å². The number of nitrogens with zero attached hydrogens (tertiary/aromatic N) is 1. The summed E-state index contributed by atoms with van der Waals surface area (Å²) in [6.45, 7) is 6.49. The third-order valence-corrected chi connectivity index (χ3v) is 5.61. The van der Waals surface area contributed by atoms with Crippen molar-refractivity contribution in [1.82, 2.24) is 10.2 Å². The molecule has 0 saturated carbocycles. The lowest BCUT2D eigenvalue weighted by Crippen LogP contribution is -2.42. The van der Waals surface area contributed by atoms with Gasteiger partial charge in [-0.05, 0) is 47.9 Å². The first kappa shape index (κ1) is 24.2. The van der Waals surface area contributed by atoms with Crippen molar-refractivity contribution in [2.75, 3.05) is 38.5 Å². The number of phenols is 1. The third-order valence-electron chi connectivity index (χ3n) is 5.61. The summed E-state index contributed by atoms with van der Waals surface area (Å²) in [5.74, 6) is 0.132. The second-order valence-electron chi connectivity index (χ2n) is 7.97. The first-order valence-corrected chi connectivity index (χ1v) is 11.1. The fraction of sp³-hybridized carbons (Fsp3) is 0.259. The van der Waals surface area contributed by atoms with Gasteiger partial charge in [-0.3, -0.25) is 14.5 Å². The molecule has 1 fully saturated rings. The zero-order valence-electron chi connectivity index (χ0n) is 19.2. The third kappa shape index (κ3) is 6.75. The van der Waals surface area contributed by atoms with E-state index in [-0.39, 0.29) is 11.5 Å². The second kappa shape index (κ2) is 11.9. The highest BCUT2D eigenvalue weighted by Gasteiger charge is 2.11. The molecule has 3 aromatic carbocycles. The molecule has 1 heterocycles. The maximum absolute atomic E-state index is 11.4. The predicted octanol–water partition coefficient (Wildman–Crippen LogP) is 4.21. The van der Waals surface area contributed by atoms with E-state index in [1.54, 1.807) is 19.1 Å². The van der Waals surface area contributed by atoms with Gasteiger partial charge in [-0.15, -0.1) is 0 Å². The zero-order chi connectivity index (χ0) is 23.6. The highest BCUT2D eigenvalue weighted by Crippen LogP contribution is 2.25. The minimum atomic E-state index is 0.0547. The van der Waals surface area contributed by atoms with Gasteiger partial charge in [0.15, 0.2) is 12.1 Å². The van der Waals surface area contributed by atoms with Crippen molar-refractivity contribution in [1.29, 1.82) is 0 Å². The summed E-state index contributed by atoms with van der Waals surface area (Å²) in [6, 6.07) is 21.2. The van der Waals surface area contributed by atoms with Gasteiger partial charge in [0.05, 0.1) is 5.56 Å². The molecule has 33 heavy (non-hydrogen) atoms. The molecule has 0 atom stereocenters. The number of benzene rings is 3. The summed E-state index contributed by atoms with van der Waals surface area (Å²) in [5, 5.41) is 15.7. The summed E-state index contributed by atoms with van der Waals surface area (Å²) < 4.78 is 0. The summed E-state index contributed by atoms with van der Waals surface area (Å²) in [5.41, 5.74) is 5.31. The van der Waals surface area contributed by atoms with Crippen molar-refractivity contribution in [3.05, 3.63) is 83.4 Å². The number of aldehydes is 1. The number of hydrogen-bond donors (Lipinski definition) is 3. The Morgan fingerprint density at radius 2 is 1.76 bits per heavy atom. The molecule has 0 spiro atoms. The van der Waals surface area contributed by atoms with Crippen LogP contribution in [-0.4, -0.2) is 55.3 Å². The standard InChI is InChI=1S/C15H15NO.C12H16N2O2/c1-11(17)14-9-8-13(10-15(14)16-2)12-6-4-3-5-7-12;15-9-11-7-10(1-2-12(11)16)8-14-5-3-13-4-6-14/h3-10,16H,1-2H3;1-2,7,9,13,16H,3-6,8H2. The Kier molecular flexibility index (Phi) is 8.75. The molecule has 6 heteroatoms. The molecule has 0 bridgehead atoms. The SMILES string of the molecule is CNc1cc(-c2ccccc2)ccc1C(C)=O.O=Cc1cc(CN2CCNCC2)ccc1O. The van der Waals surface area contributed by atoms with E-state index in [2.05, 4.69) is 27.7 Å². The van der Waals surface area contributed by atoms with Crippen molar-refractivity contribution in [3.63, 3.8) is 0 Å². The van der Waals surface area contributed by atoms with E-state index in [0.717, 1.165) is 60.7 Å². The van der Waals surface area contributed by atoms with Gasteiger partial charge in [0.1, 0.15) is 5.75 Å². The molecule has 0 aliphatic carbocycles. The van der Waals surface area contributed by atoms with E-state index >= 15 is 0 Å². The van der Waals surface area contributed by atoms with Crippen LogP contribution in [0.5, 0.6) is 5.75 Å². The van der Waals surface area contributed by atoms with Crippen LogP contribution in [0, 0.1) is 0 Å². The molecular weight excluding hydrogens is 414 g/mol. The number of piperazine rings is 1. The van der Waals surface area contributed by atoms with Gasteiger partial charge in [0.2, 0.25) is 0 Å². The van der Waals surface area contributed by atoms with E-state index in [1.807, 2.05) is 49.5 Å². The van der Waals surface area contributed by atoms with E-state index in [4.69, 9.17) is 0 Å². The molecular formula is C27H31N3O3. The van der Waals surface area contributed by atoms with Crippen LogP contribution in [0.2, 0.25) is 0 Å². The quantitative estimate of drug-likeness (QED) is 0.390. The van der Waals surface area contributed by atoms with E-state index in [0.29, 0.717) is 11.8 Å². The summed E-state index contributed by atoms with van der Waals surface area (Å²) >= 11 is 0. The highest BCUT2D eigenvalue weighted by atomic mass is 16.3. The Balaban J connectivity index is 0.000000186. The predicted molar refractivity (Wildman–Crippen MR) is 133 cm³/mol. The fourth-order valence-corrected chi connectivity index (χ4v) is 3.79. The van der Waals surface area contributed by atoms with Crippen molar-refractivity contribution in [3.8, 4) is 16.9 Å². The molecule has 1 saturated heterocycles. The highest BCUT2D eigenvalue weighted by molar-refractivity contribution is 6.00. The van der Waals surface area contributed by atoms with Crippen LogP contribution in [0.4, 0.5) is 5.69 Å². The number of hydrogen-bond acceptors (Lipinski definition) is 6. The molecule has 0 amide bonds. The van der Waals surface area contributed by atoms with Crippen LogP contribution in [-0.2, 0) is 6.54 Å². The number of nitrogens with one attached hydrogen (secondary N) is 2. The van der Waals surface area contributed by atoms with Crippen LogP contribution in [0.25, 0.3) is 11.1 Å². The zero-order valence-corrected chi connectivity index (χ0v) is 19.2. The first-order chi connectivity index (χ1) is 16.0. The Morgan fingerprint density at radius 3 is 2.39 bits per heavy atom. The van der Waals surface area contributed by atoms with Gasteiger partial charge in [0, 0.05) is 51.0 Å². The molecule has 6 nitrogen and oxygen atoms in total. The van der Waals surface area contributed by atoms with Gasteiger partial charge < -0.3 is 15.7 Å². The second-order valence-corrected chi connectivity index (χ2v) is 7.97. The van der Waals surface area contributed by atoms with Crippen LogP contribution in [0.15, 0.2) is 66.7 Å². The lowest BCUT2D eigenvalue weighted by atomic mass is 10.0. The minimum absolute atomic E-state index is 0.0547. The van der Waals surface area contributed by atoms with Crippen LogP contribution in [0.3, 0.4) is 0 Å². The Bertz CT molecular complexity index is 1080. The molecule has 0 aromatic heterocycles. The number of Topliss-reactive ketones (excluding diaryl/α,β-unsaturated/α-hetero) is 1. The number of rotatable bonds is 6. The Labute approximate surface area is 195 Å². The van der Waals surface area contributed by atoms with E-state index < -0.39 is 0 Å². The lowest BCUT2D eigenvalue weighted by Gasteiger charge is -2.27. The van der Waals surface area contributed by atoms with Gasteiger partial charge in [-0.2, -0.15) is 0 Å². The van der Waals surface area contributed by atoms with Gasteiger partial charge in [-0.25, -0.2) is 0 Å². The average Bonchev–Trinajstić information content (AvgIpc) is 2.86. The van der Waals surface area contributed by atoms with Crippen LogP contribution >= 0.6 is 0 Å². The number of phenolic OH excluding ortho intramolecular Hbond substituents is 1. The number of aromatic hydroxyl groups is 1. The fourth-order valence-electron chi connectivity index (χ4n) is 3.79. The van der Waals surface area contributed by atoms with Crippen molar-refractivity contribution >= 4 is 17.8 Å². The molecule has 1 aliphatic rings. The smallest absolute Gasteiger partial charge is 0.161 e.